The number of methoxy groups -OCH3 is 1. The Balaban J connectivity index is 1.67. The lowest BCUT2D eigenvalue weighted by molar-refractivity contribution is -0.145. The molecule has 1 amide bonds. The van der Waals surface area contributed by atoms with Crippen LogP contribution in [0.25, 0.3) is 11.1 Å². The summed E-state index contributed by atoms with van der Waals surface area (Å²) < 4.78 is 4.97. The zero-order valence-electron chi connectivity index (χ0n) is 18.4. The predicted octanol–water partition coefficient (Wildman–Crippen LogP) is 5.27. The molecule has 4 rings (SSSR count). The van der Waals surface area contributed by atoms with Crippen LogP contribution in [0.3, 0.4) is 0 Å². The van der Waals surface area contributed by atoms with E-state index < -0.39 is 12.0 Å². The van der Waals surface area contributed by atoms with Gasteiger partial charge in [-0.2, -0.15) is 10.5 Å². The van der Waals surface area contributed by atoms with Crippen molar-refractivity contribution in [3.63, 3.8) is 0 Å². The fraction of sp³-hybridized carbons (Fsp3) is 0.185. The zero-order chi connectivity index (χ0) is 24.2. The zero-order valence-corrected chi connectivity index (χ0v) is 19.1. The van der Waals surface area contributed by atoms with Gasteiger partial charge in [-0.05, 0) is 59.9 Å². The largest absolute Gasteiger partial charge is 0.467 e. The number of ether oxygens (including phenoxy) is 1. The third-order valence-corrected chi connectivity index (χ3v) is 6.43. The lowest BCUT2D eigenvalue weighted by atomic mass is 9.98. The number of halogens is 1. The first-order valence-corrected chi connectivity index (χ1v) is 11.1. The van der Waals surface area contributed by atoms with Gasteiger partial charge in [0.1, 0.15) is 18.2 Å². The molecule has 0 aromatic heterocycles. The average Bonchev–Trinajstić information content (AvgIpc) is 3.32. The number of esters is 1. The Morgan fingerprint density at radius 1 is 0.941 bits per heavy atom. The summed E-state index contributed by atoms with van der Waals surface area (Å²) in [7, 11) is 1.32. The van der Waals surface area contributed by atoms with Crippen LogP contribution in [0.5, 0.6) is 0 Å². The Hall–Kier alpha value is -4.13. The number of amides is 1. The molecule has 0 unspecified atom stereocenters. The van der Waals surface area contributed by atoms with Crippen LogP contribution >= 0.6 is 11.6 Å². The van der Waals surface area contributed by atoms with Crippen molar-refractivity contribution in [1.82, 2.24) is 4.90 Å². The van der Waals surface area contributed by atoms with Crippen LogP contribution in [0.2, 0.25) is 5.02 Å². The molecule has 0 N–H and O–H groups in total. The molecule has 1 saturated heterocycles. The summed E-state index contributed by atoms with van der Waals surface area (Å²) >= 11 is 6.42. The van der Waals surface area contributed by atoms with Gasteiger partial charge in [-0.15, -0.1) is 0 Å². The molecule has 0 aliphatic carbocycles. The second kappa shape index (κ2) is 9.79. The molecule has 0 bridgehead atoms. The minimum absolute atomic E-state index is 0.290. The van der Waals surface area contributed by atoms with Gasteiger partial charge in [0.2, 0.25) is 0 Å². The second-order valence-electron chi connectivity index (χ2n) is 7.93. The molecular formula is C27H20ClN3O3. The van der Waals surface area contributed by atoms with Crippen LogP contribution in [0.4, 0.5) is 0 Å². The van der Waals surface area contributed by atoms with E-state index in [0.29, 0.717) is 34.6 Å². The van der Waals surface area contributed by atoms with E-state index in [9.17, 15) is 14.9 Å². The Morgan fingerprint density at radius 2 is 1.62 bits per heavy atom. The predicted molar refractivity (Wildman–Crippen MR) is 127 cm³/mol. The molecule has 34 heavy (non-hydrogen) atoms. The van der Waals surface area contributed by atoms with Crippen LogP contribution in [-0.4, -0.2) is 29.9 Å². The van der Waals surface area contributed by atoms with Gasteiger partial charge in [-0.3, -0.25) is 4.79 Å². The lowest BCUT2D eigenvalue weighted by Crippen LogP contribution is -2.42. The van der Waals surface area contributed by atoms with E-state index >= 15 is 0 Å². The van der Waals surface area contributed by atoms with E-state index in [2.05, 4.69) is 0 Å². The highest BCUT2D eigenvalue weighted by atomic mass is 35.5. The maximum absolute atomic E-state index is 13.6. The Kier molecular flexibility index (Phi) is 6.63. The maximum atomic E-state index is 13.6. The smallest absolute Gasteiger partial charge is 0.328 e. The minimum Gasteiger partial charge on any atom is -0.467 e. The number of carbonyl (C=O) groups excluding carboxylic acids is 2. The second-order valence-corrected chi connectivity index (χ2v) is 8.33. The molecule has 6 nitrogen and oxygen atoms in total. The van der Waals surface area contributed by atoms with Crippen molar-refractivity contribution in [2.75, 3.05) is 7.11 Å². The third kappa shape index (κ3) is 4.24. The molecule has 1 aliphatic rings. The van der Waals surface area contributed by atoms with Gasteiger partial charge >= 0.3 is 5.97 Å². The van der Waals surface area contributed by atoms with Crippen molar-refractivity contribution in [2.45, 2.75) is 24.9 Å². The molecule has 1 heterocycles. The van der Waals surface area contributed by atoms with Crippen LogP contribution in [-0.2, 0) is 9.53 Å². The highest BCUT2D eigenvalue weighted by Crippen LogP contribution is 2.40. The molecule has 0 spiro atoms. The summed E-state index contributed by atoms with van der Waals surface area (Å²) in [6.45, 7) is 0. The number of carbonyl (C=O) groups is 2. The first kappa shape index (κ1) is 23.0. The van der Waals surface area contributed by atoms with Crippen LogP contribution < -0.4 is 0 Å². The van der Waals surface area contributed by atoms with E-state index in [0.717, 1.165) is 16.7 Å². The molecule has 1 aliphatic heterocycles. The van der Waals surface area contributed by atoms with Crippen molar-refractivity contribution in [3.05, 3.63) is 94.0 Å². The third-order valence-electron chi connectivity index (χ3n) is 6.08. The molecule has 0 radical (unpaired) electrons. The Labute approximate surface area is 202 Å². The topological polar surface area (TPSA) is 94.2 Å². The summed E-state index contributed by atoms with van der Waals surface area (Å²) in [6, 6.07) is 22.3. The first-order chi connectivity index (χ1) is 16.5. The number of likely N-dealkylation sites (tertiary alicyclic amines) is 1. The highest BCUT2D eigenvalue weighted by Gasteiger charge is 2.43. The van der Waals surface area contributed by atoms with Gasteiger partial charge in [-0.1, -0.05) is 48.0 Å². The van der Waals surface area contributed by atoms with Gasteiger partial charge < -0.3 is 9.64 Å². The van der Waals surface area contributed by atoms with E-state index in [1.54, 1.807) is 53.4 Å². The van der Waals surface area contributed by atoms with Gasteiger partial charge in [0, 0.05) is 10.6 Å². The van der Waals surface area contributed by atoms with Gasteiger partial charge in [0.25, 0.3) is 5.91 Å². The standard InChI is InChI=1S/C27H20ClN3O3/c1-34-27(33)25-13-12-24(22-4-2-3-5-23(22)28)31(25)26(32)18-8-6-17(7-9-18)19-10-11-20(15-29)21(14-19)16-30/h2-11,14,24-25H,12-13H2,1H3/t24-,25-/m1/s1. The molecule has 7 heteroatoms. The van der Waals surface area contributed by atoms with Crippen LogP contribution in [0, 0.1) is 22.7 Å². The van der Waals surface area contributed by atoms with Gasteiger partial charge in [0.15, 0.2) is 0 Å². The monoisotopic (exact) mass is 469 g/mol. The Bertz CT molecular complexity index is 1340. The molecule has 3 aromatic carbocycles. The maximum Gasteiger partial charge on any atom is 0.328 e. The van der Waals surface area contributed by atoms with Crippen molar-refractivity contribution >= 4 is 23.5 Å². The SMILES string of the molecule is COC(=O)[C@H]1CC[C@H](c2ccccc2Cl)N1C(=O)c1ccc(-c2ccc(C#N)c(C#N)c2)cc1. The molecule has 168 valence electrons. The van der Waals surface area contributed by atoms with Crippen molar-refractivity contribution in [2.24, 2.45) is 0 Å². The molecule has 0 saturated carbocycles. The minimum atomic E-state index is -0.699. The molecular weight excluding hydrogens is 450 g/mol. The van der Waals surface area contributed by atoms with E-state index in [1.807, 2.05) is 30.3 Å². The molecule has 1 fully saturated rings. The van der Waals surface area contributed by atoms with Crippen molar-refractivity contribution in [3.8, 4) is 23.3 Å². The summed E-state index contributed by atoms with van der Waals surface area (Å²) in [5, 5.41) is 19.0. The lowest BCUT2D eigenvalue weighted by Gasteiger charge is -2.30. The summed E-state index contributed by atoms with van der Waals surface area (Å²) in [6.07, 6.45) is 1.07. The number of nitrogens with zero attached hydrogens (tertiary/aromatic N) is 3. The fourth-order valence-electron chi connectivity index (χ4n) is 4.38. The first-order valence-electron chi connectivity index (χ1n) is 10.7. The number of hydrogen-bond acceptors (Lipinski definition) is 5. The van der Waals surface area contributed by atoms with E-state index in [-0.39, 0.29) is 11.9 Å². The molecule has 3 aromatic rings. The van der Waals surface area contributed by atoms with Crippen molar-refractivity contribution < 1.29 is 14.3 Å². The average molecular weight is 470 g/mol. The summed E-state index contributed by atoms with van der Waals surface area (Å²) in [5.74, 6) is -0.747. The Morgan fingerprint density at radius 3 is 2.26 bits per heavy atom. The summed E-state index contributed by atoms with van der Waals surface area (Å²) in [4.78, 5) is 27.6. The van der Waals surface area contributed by atoms with Gasteiger partial charge in [-0.25, -0.2) is 4.79 Å². The normalized spacial score (nSPS) is 17.0. The van der Waals surface area contributed by atoms with Crippen LogP contribution in [0.15, 0.2) is 66.7 Å². The van der Waals surface area contributed by atoms with E-state index in [1.165, 1.54) is 7.11 Å². The quantitative estimate of drug-likeness (QED) is 0.485. The fourth-order valence-corrected chi connectivity index (χ4v) is 4.64. The number of benzene rings is 3. The van der Waals surface area contributed by atoms with Gasteiger partial charge in [0.05, 0.1) is 24.3 Å². The highest BCUT2D eigenvalue weighted by molar-refractivity contribution is 6.31. The number of hydrogen-bond donors (Lipinski definition) is 0. The number of nitriles is 2. The molecule has 2 atom stereocenters. The van der Waals surface area contributed by atoms with Crippen molar-refractivity contribution in [1.29, 1.82) is 10.5 Å². The number of rotatable bonds is 4. The van der Waals surface area contributed by atoms with E-state index in [4.69, 9.17) is 21.6 Å². The summed E-state index contributed by atoms with van der Waals surface area (Å²) in [5.41, 5.74) is 3.38. The van der Waals surface area contributed by atoms with Crippen LogP contribution in [0.1, 0.15) is 45.9 Å².